The van der Waals surface area contributed by atoms with Gasteiger partial charge in [-0.3, -0.25) is 9.59 Å². The highest BCUT2D eigenvalue weighted by Gasteiger charge is 2.23. The van der Waals surface area contributed by atoms with Gasteiger partial charge in [-0.1, -0.05) is 18.2 Å². The minimum absolute atomic E-state index is 0.117. The molecule has 1 amide bonds. The van der Waals surface area contributed by atoms with E-state index >= 15 is 0 Å². The molecule has 2 aromatic heterocycles. The highest BCUT2D eigenvalue weighted by molar-refractivity contribution is 6.10. The lowest BCUT2D eigenvalue weighted by molar-refractivity contribution is 0.0526. The van der Waals surface area contributed by atoms with Gasteiger partial charge in [0.05, 0.1) is 24.8 Å². The lowest BCUT2D eigenvalue weighted by Crippen LogP contribution is -2.14. The number of carbonyl (C=O) groups excluding carboxylic acids is 2. The number of carbonyl (C=O) groups is 2. The molecule has 9 nitrogen and oxygen atoms in total. The van der Waals surface area contributed by atoms with Crippen molar-refractivity contribution in [3.05, 3.63) is 81.9 Å². The second-order valence-corrected chi connectivity index (χ2v) is 7.24. The highest BCUT2D eigenvalue weighted by Crippen LogP contribution is 2.30. The second-order valence-electron chi connectivity index (χ2n) is 7.24. The molecule has 9 heteroatoms. The second kappa shape index (κ2) is 8.99. The summed E-state index contributed by atoms with van der Waals surface area (Å²) in [6.07, 6.45) is 0. The SMILES string of the molecule is CCOC(=O)c1cccc(NC(=O)c2nn3c(C)cc(=O)[nH]c3c2-c2ccc(OC)cc2)c1. The molecule has 0 saturated heterocycles. The number of ether oxygens (including phenoxy) is 2. The van der Waals surface area contributed by atoms with Gasteiger partial charge < -0.3 is 19.8 Å². The Bertz CT molecular complexity index is 1400. The van der Waals surface area contributed by atoms with Crippen LogP contribution in [0.25, 0.3) is 16.8 Å². The number of hydrogen-bond acceptors (Lipinski definition) is 6. The number of rotatable bonds is 6. The summed E-state index contributed by atoms with van der Waals surface area (Å²) in [5, 5.41) is 7.25. The van der Waals surface area contributed by atoms with Crippen LogP contribution < -0.4 is 15.6 Å². The first kappa shape index (κ1) is 21.8. The van der Waals surface area contributed by atoms with E-state index in [2.05, 4.69) is 15.4 Å². The van der Waals surface area contributed by atoms with Crippen molar-refractivity contribution >= 4 is 23.2 Å². The molecule has 2 aromatic carbocycles. The normalized spacial score (nSPS) is 10.8. The number of H-pyrrole nitrogens is 1. The van der Waals surface area contributed by atoms with E-state index in [9.17, 15) is 14.4 Å². The van der Waals surface area contributed by atoms with Crippen LogP contribution >= 0.6 is 0 Å². The number of amides is 1. The number of fused-ring (bicyclic) bond motifs is 1. The van der Waals surface area contributed by atoms with E-state index in [1.165, 1.54) is 16.6 Å². The molecule has 0 saturated carbocycles. The van der Waals surface area contributed by atoms with Crippen molar-refractivity contribution in [2.45, 2.75) is 13.8 Å². The molecule has 0 aliphatic carbocycles. The number of nitrogens with zero attached hydrogens (tertiary/aromatic N) is 2. The third-order valence-electron chi connectivity index (χ3n) is 5.03. The van der Waals surface area contributed by atoms with Gasteiger partial charge in [0.1, 0.15) is 11.4 Å². The van der Waals surface area contributed by atoms with Gasteiger partial charge in [-0.15, -0.1) is 0 Å². The van der Waals surface area contributed by atoms with E-state index in [0.29, 0.717) is 39.5 Å². The summed E-state index contributed by atoms with van der Waals surface area (Å²) < 4.78 is 11.8. The van der Waals surface area contributed by atoms with E-state index in [1.54, 1.807) is 63.4 Å². The summed E-state index contributed by atoms with van der Waals surface area (Å²) in [5.74, 6) is -0.319. The monoisotopic (exact) mass is 446 g/mol. The molecule has 0 bridgehead atoms. The Labute approximate surface area is 189 Å². The molecule has 0 spiro atoms. The zero-order valence-electron chi connectivity index (χ0n) is 18.3. The molecule has 0 radical (unpaired) electrons. The first-order chi connectivity index (χ1) is 15.9. The van der Waals surface area contributed by atoms with E-state index < -0.39 is 11.9 Å². The fraction of sp³-hybridized carbons (Fsp3) is 0.167. The predicted molar refractivity (Wildman–Crippen MR) is 123 cm³/mol. The predicted octanol–water partition coefficient (Wildman–Crippen LogP) is 3.44. The number of aromatic nitrogens is 3. The van der Waals surface area contributed by atoms with Gasteiger partial charge in [0.2, 0.25) is 0 Å². The molecule has 33 heavy (non-hydrogen) atoms. The minimum atomic E-state index is -0.495. The number of hydrogen-bond donors (Lipinski definition) is 2. The number of benzene rings is 2. The highest BCUT2D eigenvalue weighted by atomic mass is 16.5. The standard InChI is InChI=1S/C24H22N4O5/c1-4-33-24(31)16-6-5-7-17(13-16)25-23(30)21-20(15-8-10-18(32-3)11-9-15)22-26-19(29)12-14(2)28(22)27-21/h5-13H,4H2,1-3H3,(H,25,30)(H,26,29). The maximum Gasteiger partial charge on any atom is 0.338 e. The molecule has 2 heterocycles. The van der Waals surface area contributed by atoms with Crippen LogP contribution in [0, 0.1) is 6.92 Å². The largest absolute Gasteiger partial charge is 0.497 e. The third-order valence-corrected chi connectivity index (χ3v) is 5.03. The Morgan fingerprint density at radius 1 is 1.12 bits per heavy atom. The van der Waals surface area contributed by atoms with Crippen molar-refractivity contribution < 1.29 is 19.1 Å². The molecule has 168 valence electrons. The molecular formula is C24H22N4O5. The molecule has 0 unspecified atom stereocenters. The van der Waals surface area contributed by atoms with Gasteiger partial charge in [-0.2, -0.15) is 5.10 Å². The lowest BCUT2D eigenvalue weighted by atomic mass is 10.0. The van der Waals surface area contributed by atoms with E-state index in [0.717, 1.165) is 0 Å². The smallest absolute Gasteiger partial charge is 0.338 e. The summed E-state index contributed by atoms with van der Waals surface area (Å²) >= 11 is 0. The van der Waals surface area contributed by atoms with Crippen LogP contribution in [0.15, 0.2) is 59.4 Å². The van der Waals surface area contributed by atoms with E-state index in [1.807, 2.05) is 0 Å². The number of anilines is 1. The fourth-order valence-electron chi connectivity index (χ4n) is 3.51. The Morgan fingerprint density at radius 3 is 2.58 bits per heavy atom. The molecule has 4 aromatic rings. The van der Waals surface area contributed by atoms with Gasteiger partial charge in [0.25, 0.3) is 11.5 Å². The first-order valence-electron chi connectivity index (χ1n) is 10.3. The molecule has 0 atom stereocenters. The summed E-state index contributed by atoms with van der Waals surface area (Å²) in [7, 11) is 1.56. The van der Waals surface area contributed by atoms with Gasteiger partial charge in [0.15, 0.2) is 5.69 Å². The number of nitrogens with one attached hydrogen (secondary N) is 2. The zero-order valence-corrected chi connectivity index (χ0v) is 18.3. The minimum Gasteiger partial charge on any atom is -0.497 e. The van der Waals surface area contributed by atoms with Crippen LogP contribution in [0.3, 0.4) is 0 Å². The van der Waals surface area contributed by atoms with E-state index in [-0.39, 0.29) is 17.9 Å². The van der Waals surface area contributed by atoms with Crippen molar-refractivity contribution in [2.75, 3.05) is 19.0 Å². The van der Waals surface area contributed by atoms with Crippen LogP contribution in [0.5, 0.6) is 5.75 Å². The van der Waals surface area contributed by atoms with E-state index in [4.69, 9.17) is 9.47 Å². The topological polar surface area (TPSA) is 115 Å². The average Bonchev–Trinajstić information content (AvgIpc) is 3.19. The van der Waals surface area contributed by atoms with Crippen LogP contribution in [0.2, 0.25) is 0 Å². The molecule has 0 aliphatic heterocycles. The summed E-state index contributed by atoms with van der Waals surface area (Å²) in [6.45, 7) is 3.71. The van der Waals surface area contributed by atoms with Gasteiger partial charge >= 0.3 is 5.97 Å². The molecule has 0 fully saturated rings. The van der Waals surface area contributed by atoms with Crippen molar-refractivity contribution in [2.24, 2.45) is 0 Å². The maximum atomic E-state index is 13.3. The maximum absolute atomic E-state index is 13.3. The lowest BCUT2D eigenvalue weighted by Gasteiger charge is -2.08. The van der Waals surface area contributed by atoms with Crippen LogP contribution in [-0.4, -0.2) is 40.2 Å². The van der Waals surface area contributed by atoms with Gasteiger partial charge in [0, 0.05) is 17.4 Å². The third kappa shape index (κ3) is 4.33. The van der Waals surface area contributed by atoms with Crippen molar-refractivity contribution in [3.63, 3.8) is 0 Å². The van der Waals surface area contributed by atoms with Crippen molar-refractivity contribution in [1.82, 2.24) is 14.6 Å². The van der Waals surface area contributed by atoms with Crippen LogP contribution in [-0.2, 0) is 4.74 Å². The first-order valence-corrected chi connectivity index (χ1v) is 10.3. The van der Waals surface area contributed by atoms with Crippen molar-refractivity contribution in [1.29, 1.82) is 0 Å². The zero-order chi connectivity index (χ0) is 23.5. The van der Waals surface area contributed by atoms with Gasteiger partial charge in [-0.05, 0) is 49.7 Å². The molecule has 0 aliphatic rings. The number of aryl methyl sites for hydroxylation is 1. The number of esters is 1. The van der Waals surface area contributed by atoms with Crippen LogP contribution in [0.1, 0.15) is 33.5 Å². The Hall–Kier alpha value is -4.40. The summed E-state index contributed by atoms with van der Waals surface area (Å²) in [6, 6.07) is 15.0. The Balaban J connectivity index is 1.79. The molecule has 4 rings (SSSR count). The Morgan fingerprint density at radius 2 is 1.88 bits per heavy atom. The Kier molecular flexibility index (Phi) is 5.95. The average molecular weight is 446 g/mol. The molecule has 2 N–H and O–H groups in total. The number of aromatic amines is 1. The molecular weight excluding hydrogens is 424 g/mol. The fourth-order valence-corrected chi connectivity index (χ4v) is 3.51. The quantitative estimate of drug-likeness (QED) is 0.439. The summed E-state index contributed by atoms with van der Waals surface area (Å²) in [4.78, 5) is 40.2. The van der Waals surface area contributed by atoms with Gasteiger partial charge in [-0.25, -0.2) is 9.31 Å². The summed E-state index contributed by atoms with van der Waals surface area (Å²) in [5.41, 5.74) is 2.67. The number of methoxy groups -OCH3 is 1. The van der Waals surface area contributed by atoms with Crippen LogP contribution in [0.4, 0.5) is 5.69 Å². The van der Waals surface area contributed by atoms with Crippen molar-refractivity contribution in [3.8, 4) is 16.9 Å².